The van der Waals surface area contributed by atoms with Gasteiger partial charge in [0.2, 0.25) is 5.91 Å². The first-order valence-corrected chi connectivity index (χ1v) is 13.0. The number of nitrogens with zero attached hydrogens (tertiary/aromatic N) is 3. The smallest absolute Gasteiger partial charge is 0.328 e. The van der Waals surface area contributed by atoms with E-state index in [2.05, 4.69) is 31.2 Å². The minimum Gasteiger partial charge on any atom is -0.480 e. The van der Waals surface area contributed by atoms with E-state index in [4.69, 9.17) is 4.74 Å². The summed E-state index contributed by atoms with van der Waals surface area (Å²) >= 11 is 0. The molecule has 0 aliphatic carbocycles. The number of rotatable bonds is 9. The third-order valence-electron chi connectivity index (χ3n) is 6.78. The summed E-state index contributed by atoms with van der Waals surface area (Å²) in [5.74, 6) is -1.08. The predicted octanol–water partition coefficient (Wildman–Crippen LogP) is -0.774. The molecule has 2 saturated heterocycles. The lowest BCUT2D eigenvalue weighted by Crippen LogP contribution is -2.52. The number of hydrogen-bond acceptors (Lipinski definition) is 9. The molecular formula is C25H37N7O5. The van der Waals surface area contributed by atoms with Gasteiger partial charge in [0.05, 0.1) is 19.8 Å². The first-order valence-electron chi connectivity index (χ1n) is 13.0. The third-order valence-corrected chi connectivity index (χ3v) is 6.78. The molecule has 4 rings (SSSR count). The van der Waals surface area contributed by atoms with Crippen LogP contribution in [0.3, 0.4) is 0 Å². The van der Waals surface area contributed by atoms with Crippen LogP contribution >= 0.6 is 0 Å². The molecule has 1 aromatic carbocycles. The molecule has 5 N–H and O–H groups in total. The Hall–Kier alpha value is -3.38. The van der Waals surface area contributed by atoms with E-state index < -0.39 is 17.9 Å². The molecule has 202 valence electrons. The van der Waals surface area contributed by atoms with Gasteiger partial charge in [-0.3, -0.25) is 19.5 Å². The van der Waals surface area contributed by atoms with Crippen LogP contribution in [0.5, 0.6) is 0 Å². The number of aliphatic imine (C=N–C) groups is 1. The number of carboxylic acid groups (broad SMARTS) is 1. The summed E-state index contributed by atoms with van der Waals surface area (Å²) in [6.07, 6.45) is 2.98. The molecule has 12 nitrogen and oxygen atoms in total. The van der Waals surface area contributed by atoms with Gasteiger partial charge in [-0.05, 0) is 37.5 Å². The summed E-state index contributed by atoms with van der Waals surface area (Å²) in [6, 6.07) is 6.47. The SMILES string of the molecule is O=C(CN1CCOCC1)NC(CNC(=O)c1cccc(N2CCC(NC3=NCCCN3)CC2)c1)C(=O)O. The van der Waals surface area contributed by atoms with E-state index in [9.17, 15) is 19.5 Å². The Balaban J connectivity index is 1.25. The van der Waals surface area contributed by atoms with Crippen LogP contribution in [0, 0.1) is 0 Å². The Morgan fingerprint density at radius 2 is 1.95 bits per heavy atom. The number of carboxylic acids is 1. The van der Waals surface area contributed by atoms with E-state index in [0.717, 1.165) is 57.1 Å². The molecule has 0 bridgehead atoms. The first-order chi connectivity index (χ1) is 18.0. The van der Waals surface area contributed by atoms with Crippen molar-refractivity contribution in [3.63, 3.8) is 0 Å². The van der Waals surface area contributed by atoms with Gasteiger partial charge in [-0.2, -0.15) is 0 Å². The molecule has 3 heterocycles. The highest BCUT2D eigenvalue weighted by Gasteiger charge is 2.24. The number of ether oxygens (including phenoxy) is 1. The Morgan fingerprint density at radius 1 is 1.16 bits per heavy atom. The average Bonchev–Trinajstić information content (AvgIpc) is 2.92. The van der Waals surface area contributed by atoms with Crippen LogP contribution < -0.4 is 26.2 Å². The average molecular weight is 516 g/mol. The summed E-state index contributed by atoms with van der Waals surface area (Å²) in [4.78, 5) is 45.4. The van der Waals surface area contributed by atoms with Crippen molar-refractivity contribution in [3.05, 3.63) is 29.8 Å². The molecule has 2 fully saturated rings. The van der Waals surface area contributed by atoms with E-state index in [1.165, 1.54) is 0 Å². The molecule has 2 amide bonds. The van der Waals surface area contributed by atoms with Gasteiger partial charge in [0, 0.05) is 63.1 Å². The van der Waals surface area contributed by atoms with Gasteiger partial charge in [0.25, 0.3) is 5.91 Å². The molecule has 1 atom stereocenters. The Labute approximate surface area is 216 Å². The van der Waals surface area contributed by atoms with Crippen LogP contribution in [-0.4, -0.2) is 111 Å². The molecule has 12 heteroatoms. The molecule has 3 aliphatic heterocycles. The zero-order chi connectivity index (χ0) is 26.0. The van der Waals surface area contributed by atoms with Crippen molar-refractivity contribution in [2.45, 2.75) is 31.3 Å². The molecular weight excluding hydrogens is 478 g/mol. The van der Waals surface area contributed by atoms with E-state index in [-0.39, 0.29) is 19.0 Å². The number of nitrogens with one attached hydrogen (secondary N) is 4. The molecule has 0 radical (unpaired) electrons. The monoisotopic (exact) mass is 515 g/mol. The van der Waals surface area contributed by atoms with E-state index in [0.29, 0.717) is 37.9 Å². The Kier molecular flexibility index (Phi) is 9.55. The number of carbonyl (C=O) groups is 3. The predicted molar refractivity (Wildman–Crippen MR) is 139 cm³/mol. The lowest BCUT2D eigenvalue weighted by Gasteiger charge is -2.35. The fourth-order valence-electron chi connectivity index (χ4n) is 4.65. The minimum atomic E-state index is -1.21. The van der Waals surface area contributed by atoms with Gasteiger partial charge >= 0.3 is 5.97 Å². The second-order valence-electron chi connectivity index (χ2n) is 9.52. The summed E-state index contributed by atoms with van der Waals surface area (Å²) in [5, 5.41) is 21.5. The Bertz CT molecular complexity index is 974. The van der Waals surface area contributed by atoms with Crippen LogP contribution in [0.2, 0.25) is 0 Å². The van der Waals surface area contributed by atoms with E-state index in [1.54, 1.807) is 6.07 Å². The van der Waals surface area contributed by atoms with Gasteiger partial charge in [-0.1, -0.05) is 6.07 Å². The van der Waals surface area contributed by atoms with Gasteiger partial charge < -0.3 is 36.0 Å². The highest BCUT2D eigenvalue weighted by Crippen LogP contribution is 2.21. The summed E-state index contributed by atoms with van der Waals surface area (Å²) in [5.41, 5.74) is 1.40. The minimum absolute atomic E-state index is 0.0972. The van der Waals surface area contributed by atoms with Crippen LogP contribution in [-0.2, 0) is 14.3 Å². The van der Waals surface area contributed by atoms with Gasteiger partial charge in [-0.25, -0.2) is 4.79 Å². The maximum Gasteiger partial charge on any atom is 0.328 e. The van der Waals surface area contributed by atoms with Crippen molar-refractivity contribution < 1.29 is 24.2 Å². The van der Waals surface area contributed by atoms with Gasteiger partial charge in [0.15, 0.2) is 5.96 Å². The molecule has 37 heavy (non-hydrogen) atoms. The normalized spacial score (nSPS) is 19.8. The first kappa shape index (κ1) is 26.7. The maximum atomic E-state index is 12.8. The van der Waals surface area contributed by atoms with Crippen molar-refractivity contribution in [1.29, 1.82) is 0 Å². The van der Waals surface area contributed by atoms with Crippen LogP contribution in [0.1, 0.15) is 29.6 Å². The van der Waals surface area contributed by atoms with E-state index >= 15 is 0 Å². The maximum absolute atomic E-state index is 12.8. The van der Waals surface area contributed by atoms with Crippen LogP contribution in [0.15, 0.2) is 29.3 Å². The number of carbonyl (C=O) groups excluding carboxylic acids is 2. The van der Waals surface area contributed by atoms with Crippen molar-refractivity contribution in [3.8, 4) is 0 Å². The van der Waals surface area contributed by atoms with Crippen molar-refractivity contribution in [1.82, 2.24) is 26.2 Å². The fourth-order valence-corrected chi connectivity index (χ4v) is 4.65. The van der Waals surface area contributed by atoms with E-state index in [1.807, 2.05) is 23.1 Å². The summed E-state index contributed by atoms with van der Waals surface area (Å²) < 4.78 is 5.26. The number of amides is 2. The number of piperidine rings is 1. The molecule has 0 saturated carbocycles. The van der Waals surface area contributed by atoms with Crippen molar-refractivity contribution >= 4 is 29.4 Å². The van der Waals surface area contributed by atoms with Gasteiger partial charge in [0.1, 0.15) is 6.04 Å². The fraction of sp³-hybridized carbons (Fsp3) is 0.600. The number of anilines is 1. The highest BCUT2D eigenvalue weighted by atomic mass is 16.5. The van der Waals surface area contributed by atoms with Gasteiger partial charge in [-0.15, -0.1) is 0 Å². The second kappa shape index (κ2) is 13.2. The molecule has 1 aromatic rings. The summed E-state index contributed by atoms with van der Waals surface area (Å²) in [6.45, 7) is 5.75. The lowest BCUT2D eigenvalue weighted by molar-refractivity contribution is -0.141. The third kappa shape index (κ3) is 8.05. The molecule has 3 aliphatic rings. The molecule has 1 unspecified atom stereocenters. The van der Waals surface area contributed by atoms with Crippen molar-refractivity contribution in [2.75, 3.05) is 70.5 Å². The number of morpholine rings is 1. The molecule has 0 aromatic heterocycles. The lowest BCUT2D eigenvalue weighted by atomic mass is 10.0. The quantitative estimate of drug-likeness (QED) is 0.286. The van der Waals surface area contributed by atoms with Crippen LogP contribution in [0.4, 0.5) is 5.69 Å². The zero-order valence-electron chi connectivity index (χ0n) is 21.1. The number of hydrogen-bond donors (Lipinski definition) is 5. The molecule has 0 spiro atoms. The van der Waals surface area contributed by atoms with Crippen molar-refractivity contribution in [2.24, 2.45) is 4.99 Å². The number of guanidine groups is 1. The Morgan fingerprint density at radius 3 is 2.65 bits per heavy atom. The zero-order valence-corrected chi connectivity index (χ0v) is 21.1. The number of aliphatic carboxylic acids is 1. The van der Waals surface area contributed by atoms with Crippen LogP contribution in [0.25, 0.3) is 0 Å². The topological polar surface area (TPSA) is 148 Å². The number of benzene rings is 1. The highest BCUT2D eigenvalue weighted by molar-refractivity contribution is 5.95. The second-order valence-corrected chi connectivity index (χ2v) is 9.52. The standard InChI is InChI=1S/C25H37N7O5/c33-22(17-31-11-13-37-14-12-31)30-21(24(35)36)16-28-23(34)18-3-1-4-20(15-18)32-9-5-19(6-10-32)29-25-26-7-2-8-27-25/h1,3-4,15,19,21H,2,5-14,16-17H2,(H,28,34)(H,30,33)(H,35,36)(H2,26,27,29). The largest absolute Gasteiger partial charge is 0.480 e. The summed E-state index contributed by atoms with van der Waals surface area (Å²) in [7, 11) is 0.